The fourth-order valence-electron chi connectivity index (χ4n) is 2.18. The van der Waals surface area contributed by atoms with E-state index in [0.717, 1.165) is 0 Å². The molecule has 0 saturated heterocycles. The predicted octanol–water partition coefficient (Wildman–Crippen LogP) is 2.35. The van der Waals surface area contributed by atoms with E-state index in [0.29, 0.717) is 22.2 Å². The molecule has 1 heterocycles. The second-order valence-electron chi connectivity index (χ2n) is 4.49. The summed E-state index contributed by atoms with van der Waals surface area (Å²) in [6.45, 7) is -0.0855. The number of nitrogens with zero attached hydrogens (tertiary/aromatic N) is 2. The van der Waals surface area contributed by atoms with Crippen molar-refractivity contribution in [3.8, 4) is 6.07 Å². The Labute approximate surface area is 119 Å². The standard InChI is InChI=1S/C16H10N2O3/c17-8-9-18-13-7-6-12(10-14(13)21-16(18)20)15(19)11-4-2-1-3-5-11/h1-7,10H,9H2. The van der Waals surface area contributed by atoms with Crippen LogP contribution in [0.15, 0.2) is 57.7 Å². The number of hydrogen-bond donors (Lipinski definition) is 0. The predicted molar refractivity (Wildman–Crippen MR) is 76.0 cm³/mol. The lowest BCUT2D eigenvalue weighted by Gasteiger charge is -2.01. The molecule has 3 aromatic rings. The second-order valence-corrected chi connectivity index (χ2v) is 4.49. The lowest BCUT2D eigenvalue weighted by molar-refractivity contribution is 0.103. The maximum Gasteiger partial charge on any atom is 0.420 e. The number of aromatic nitrogens is 1. The Bertz CT molecular complexity index is 914. The third kappa shape index (κ3) is 2.23. The molecular weight excluding hydrogens is 268 g/mol. The van der Waals surface area contributed by atoms with Gasteiger partial charge in [0, 0.05) is 11.1 Å². The van der Waals surface area contributed by atoms with Gasteiger partial charge in [0.25, 0.3) is 0 Å². The van der Waals surface area contributed by atoms with Crippen LogP contribution in [0.5, 0.6) is 0 Å². The molecule has 0 unspecified atom stereocenters. The van der Waals surface area contributed by atoms with Crippen molar-refractivity contribution < 1.29 is 9.21 Å². The summed E-state index contributed by atoms with van der Waals surface area (Å²) in [5, 5.41) is 8.71. The fourth-order valence-corrected chi connectivity index (χ4v) is 2.18. The Morgan fingerprint density at radius 1 is 1.14 bits per heavy atom. The number of rotatable bonds is 3. The molecule has 3 rings (SSSR count). The monoisotopic (exact) mass is 278 g/mol. The van der Waals surface area contributed by atoms with Gasteiger partial charge in [-0.1, -0.05) is 30.3 Å². The van der Waals surface area contributed by atoms with Crippen LogP contribution >= 0.6 is 0 Å². The van der Waals surface area contributed by atoms with Gasteiger partial charge in [-0.25, -0.2) is 4.79 Å². The number of fused-ring (bicyclic) bond motifs is 1. The van der Waals surface area contributed by atoms with Crippen molar-refractivity contribution in [2.75, 3.05) is 0 Å². The van der Waals surface area contributed by atoms with E-state index in [-0.39, 0.29) is 12.3 Å². The first-order chi connectivity index (χ1) is 10.2. The molecule has 0 bridgehead atoms. The van der Waals surface area contributed by atoms with Crippen LogP contribution in [-0.4, -0.2) is 10.4 Å². The van der Waals surface area contributed by atoms with Crippen molar-refractivity contribution in [3.05, 3.63) is 70.2 Å². The molecule has 0 fully saturated rings. The highest BCUT2D eigenvalue weighted by Gasteiger charge is 2.13. The largest absolute Gasteiger partial charge is 0.420 e. The third-order valence-corrected chi connectivity index (χ3v) is 3.20. The molecular formula is C16H10N2O3. The van der Waals surface area contributed by atoms with Gasteiger partial charge in [0.1, 0.15) is 6.54 Å². The molecule has 0 aliphatic heterocycles. The van der Waals surface area contributed by atoms with E-state index in [4.69, 9.17) is 9.68 Å². The highest BCUT2D eigenvalue weighted by atomic mass is 16.4. The summed E-state index contributed by atoms with van der Waals surface area (Å²) in [5.41, 5.74) is 1.81. The summed E-state index contributed by atoms with van der Waals surface area (Å²) in [4.78, 5) is 24.0. The lowest BCUT2D eigenvalue weighted by Crippen LogP contribution is -2.12. The Morgan fingerprint density at radius 2 is 1.90 bits per heavy atom. The molecule has 5 nitrogen and oxygen atoms in total. The van der Waals surface area contributed by atoms with Gasteiger partial charge in [-0.2, -0.15) is 5.26 Å². The summed E-state index contributed by atoms with van der Waals surface area (Å²) in [5.74, 6) is -0.746. The Morgan fingerprint density at radius 3 is 2.62 bits per heavy atom. The van der Waals surface area contributed by atoms with Gasteiger partial charge in [0.05, 0.1) is 11.6 Å². The number of hydrogen-bond acceptors (Lipinski definition) is 4. The highest BCUT2D eigenvalue weighted by molar-refractivity contribution is 6.10. The highest BCUT2D eigenvalue weighted by Crippen LogP contribution is 2.17. The van der Waals surface area contributed by atoms with Gasteiger partial charge in [-0.15, -0.1) is 0 Å². The number of carbonyl (C=O) groups excluding carboxylic acids is 1. The van der Waals surface area contributed by atoms with E-state index in [2.05, 4.69) is 0 Å². The van der Waals surface area contributed by atoms with Gasteiger partial charge in [-0.05, 0) is 18.2 Å². The molecule has 0 radical (unpaired) electrons. The van der Waals surface area contributed by atoms with E-state index in [9.17, 15) is 9.59 Å². The number of carbonyl (C=O) groups is 1. The number of ketones is 1. The van der Waals surface area contributed by atoms with Crippen molar-refractivity contribution in [3.63, 3.8) is 0 Å². The number of oxazole rings is 1. The molecule has 0 saturated carbocycles. The molecule has 0 atom stereocenters. The summed E-state index contributed by atoms with van der Waals surface area (Å²) in [6.07, 6.45) is 0. The molecule has 0 amide bonds. The second kappa shape index (κ2) is 5.10. The maximum absolute atomic E-state index is 12.3. The molecule has 0 aliphatic carbocycles. The van der Waals surface area contributed by atoms with Crippen LogP contribution in [0.4, 0.5) is 0 Å². The van der Waals surface area contributed by atoms with Crippen LogP contribution in [-0.2, 0) is 6.54 Å². The van der Waals surface area contributed by atoms with Crippen molar-refractivity contribution in [2.45, 2.75) is 6.54 Å². The lowest BCUT2D eigenvalue weighted by atomic mass is 10.0. The minimum Gasteiger partial charge on any atom is -0.408 e. The van der Waals surface area contributed by atoms with Crippen LogP contribution in [0.3, 0.4) is 0 Å². The maximum atomic E-state index is 12.3. The van der Waals surface area contributed by atoms with Gasteiger partial charge >= 0.3 is 5.76 Å². The molecule has 102 valence electrons. The van der Waals surface area contributed by atoms with E-state index in [1.807, 2.05) is 12.1 Å². The molecule has 1 aromatic heterocycles. The van der Waals surface area contributed by atoms with Crippen LogP contribution in [0, 0.1) is 11.3 Å². The summed E-state index contributed by atoms with van der Waals surface area (Å²) in [6, 6.07) is 15.5. The van der Waals surface area contributed by atoms with Crippen LogP contribution in [0.1, 0.15) is 15.9 Å². The van der Waals surface area contributed by atoms with Gasteiger partial charge in [-0.3, -0.25) is 9.36 Å². The fraction of sp³-hybridized carbons (Fsp3) is 0.0625. The first-order valence-corrected chi connectivity index (χ1v) is 6.31. The molecule has 0 spiro atoms. The van der Waals surface area contributed by atoms with Gasteiger partial charge in [0.15, 0.2) is 11.4 Å². The van der Waals surface area contributed by atoms with Crippen molar-refractivity contribution >= 4 is 16.9 Å². The third-order valence-electron chi connectivity index (χ3n) is 3.20. The zero-order chi connectivity index (χ0) is 14.8. The minimum atomic E-state index is -0.601. The topological polar surface area (TPSA) is 76.0 Å². The molecule has 21 heavy (non-hydrogen) atoms. The number of nitriles is 1. The van der Waals surface area contributed by atoms with Crippen LogP contribution in [0.2, 0.25) is 0 Å². The van der Waals surface area contributed by atoms with E-state index in [1.54, 1.807) is 36.4 Å². The molecule has 0 aliphatic rings. The zero-order valence-electron chi connectivity index (χ0n) is 10.9. The molecule has 0 N–H and O–H groups in total. The Hall–Kier alpha value is -3.13. The summed E-state index contributed by atoms with van der Waals surface area (Å²) in [7, 11) is 0. The quantitative estimate of drug-likeness (QED) is 0.689. The average molecular weight is 278 g/mol. The Balaban J connectivity index is 2.09. The summed E-state index contributed by atoms with van der Waals surface area (Å²) >= 11 is 0. The first kappa shape index (κ1) is 12.9. The van der Waals surface area contributed by atoms with Crippen LogP contribution in [0.25, 0.3) is 11.1 Å². The van der Waals surface area contributed by atoms with Crippen molar-refractivity contribution in [2.24, 2.45) is 0 Å². The average Bonchev–Trinajstić information content (AvgIpc) is 2.83. The first-order valence-electron chi connectivity index (χ1n) is 6.31. The molecule has 5 heteroatoms. The van der Waals surface area contributed by atoms with Crippen LogP contribution < -0.4 is 5.76 Å². The van der Waals surface area contributed by atoms with E-state index in [1.165, 1.54) is 10.6 Å². The summed E-state index contributed by atoms with van der Waals surface area (Å²) < 4.78 is 6.31. The SMILES string of the molecule is N#CCn1c(=O)oc2cc(C(=O)c3ccccc3)ccc21. The van der Waals surface area contributed by atoms with E-state index < -0.39 is 5.76 Å². The smallest absolute Gasteiger partial charge is 0.408 e. The Kier molecular flexibility index (Phi) is 3.13. The van der Waals surface area contributed by atoms with Crippen molar-refractivity contribution in [1.82, 2.24) is 4.57 Å². The zero-order valence-corrected chi connectivity index (χ0v) is 10.9. The van der Waals surface area contributed by atoms with Crippen molar-refractivity contribution in [1.29, 1.82) is 5.26 Å². The normalized spacial score (nSPS) is 10.4. The van der Waals surface area contributed by atoms with E-state index >= 15 is 0 Å². The minimum absolute atomic E-state index is 0.0855. The molecule has 2 aromatic carbocycles. The van der Waals surface area contributed by atoms with Gasteiger partial charge in [0.2, 0.25) is 0 Å². The number of benzene rings is 2. The van der Waals surface area contributed by atoms with Gasteiger partial charge < -0.3 is 4.42 Å².